The van der Waals surface area contributed by atoms with Crippen LogP contribution in [0.3, 0.4) is 0 Å². The van der Waals surface area contributed by atoms with Crippen molar-refractivity contribution in [3.05, 3.63) is 42.2 Å². The Morgan fingerprint density at radius 2 is 2.09 bits per heavy atom. The van der Waals surface area contributed by atoms with Gasteiger partial charge in [-0.2, -0.15) is 0 Å². The molecule has 0 radical (unpaired) electrons. The third kappa shape index (κ3) is 3.61. The maximum absolute atomic E-state index is 9.63. The number of anilines is 1. The van der Waals surface area contributed by atoms with Crippen molar-refractivity contribution < 1.29 is 14.8 Å². The van der Waals surface area contributed by atoms with E-state index in [1.807, 2.05) is 18.2 Å². The zero-order valence-electron chi connectivity index (χ0n) is 12.4. The number of nitrogens with two attached hydrogens (primary N) is 1. The fourth-order valence-electron chi connectivity index (χ4n) is 2.19. The lowest BCUT2D eigenvalue weighted by molar-refractivity contribution is -0.683. The number of aromatic nitrogens is 4. The summed E-state index contributed by atoms with van der Waals surface area (Å²) in [5, 5.41) is 19.4. The number of nitrogens with zero attached hydrogens (tertiary/aromatic N) is 3. The molecule has 3 aromatic rings. The smallest absolute Gasteiger partial charge is 0.294 e. The molecule has 8 heteroatoms. The molecule has 1 aromatic carbocycles. The molecule has 23 heavy (non-hydrogen) atoms. The number of imidazole rings is 1. The molecule has 0 bridgehead atoms. The summed E-state index contributed by atoms with van der Waals surface area (Å²) >= 11 is 1.57. The highest BCUT2D eigenvalue weighted by Crippen LogP contribution is 2.23. The standard InChI is InChI=1S/C15H17N5O2S/c16-13-12-14(20(9-17-13)6-11(22)7-21)19-15(18-12)23-8-10-4-2-1-3-5-10/h1-5,9,11,21-22H,6-8H2,(H2,16,18,19)/p+1/t11-/m0/s1. The number of nitrogens with one attached hydrogen (secondary N) is 1. The van der Waals surface area contributed by atoms with Gasteiger partial charge in [0.2, 0.25) is 17.3 Å². The minimum Gasteiger partial charge on any atom is -0.394 e. The third-order valence-corrected chi connectivity index (χ3v) is 4.31. The number of aliphatic hydroxyl groups is 2. The third-order valence-electron chi connectivity index (χ3n) is 3.36. The second kappa shape index (κ2) is 6.95. The van der Waals surface area contributed by atoms with Gasteiger partial charge < -0.3 is 20.9 Å². The average Bonchev–Trinajstić information content (AvgIpc) is 3.02. The van der Waals surface area contributed by atoms with Crippen LogP contribution in [0, 0.1) is 0 Å². The molecule has 0 saturated heterocycles. The Hall–Kier alpha value is -2.16. The van der Waals surface area contributed by atoms with Crippen molar-refractivity contribution in [2.24, 2.45) is 0 Å². The quantitative estimate of drug-likeness (QED) is 0.386. The van der Waals surface area contributed by atoms with Crippen LogP contribution in [0.25, 0.3) is 11.2 Å². The Labute approximate surface area is 137 Å². The molecule has 120 valence electrons. The van der Waals surface area contributed by atoms with E-state index in [4.69, 9.17) is 10.8 Å². The minimum atomic E-state index is -0.870. The van der Waals surface area contributed by atoms with Crippen LogP contribution >= 0.6 is 11.8 Å². The molecule has 0 aliphatic heterocycles. The van der Waals surface area contributed by atoms with Crippen LogP contribution in [0.5, 0.6) is 0 Å². The van der Waals surface area contributed by atoms with E-state index in [0.29, 0.717) is 17.0 Å². The van der Waals surface area contributed by atoms with Crippen molar-refractivity contribution in [3.8, 4) is 0 Å². The van der Waals surface area contributed by atoms with Crippen LogP contribution < -0.4 is 10.3 Å². The van der Waals surface area contributed by atoms with Crippen LogP contribution in [0.2, 0.25) is 0 Å². The number of fused-ring (bicyclic) bond motifs is 1. The van der Waals surface area contributed by atoms with Crippen molar-refractivity contribution in [2.75, 3.05) is 12.3 Å². The van der Waals surface area contributed by atoms with Crippen LogP contribution in [-0.2, 0) is 12.3 Å². The molecule has 1 atom stereocenters. The maximum Gasteiger partial charge on any atom is 0.294 e. The Balaban J connectivity index is 1.85. The number of hydrogen-bond donors (Lipinski definition) is 4. The second-order valence-electron chi connectivity index (χ2n) is 5.13. The first-order chi connectivity index (χ1) is 11.2. The monoisotopic (exact) mass is 332 g/mol. The molecular formula is C15H18N5O2S+. The van der Waals surface area contributed by atoms with Crippen LogP contribution in [-0.4, -0.2) is 37.9 Å². The topological polar surface area (TPSA) is 112 Å². The molecule has 0 fully saturated rings. The van der Waals surface area contributed by atoms with Gasteiger partial charge in [0, 0.05) is 5.75 Å². The first-order valence-electron chi connectivity index (χ1n) is 7.16. The summed E-state index contributed by atoms with van der Waals surface area (Å²) in [6.45, 7) is -0.118. The summed E-state index contributed by atoms with van der Waals surface area (Å²) in [6, 6.07) is 10.1. The number of thioether (sulfide) groups is 1. The Kier molecular flexibility index (Phi) is 4.75. The molecule has 2 heterocycles. The number of aromatic amines is 1. The lowest BCUT2D eigenvalue weighted by Crippen LogP contribution is -2.42. The van der Waals surface area contributed by atoms with Gasteiger partial charge in [-0.05, 0) is 5.56 Å². The molecular weight excluding hydrogens is 314 g/mol. The van der Waals surface area contributed by atoms with E-state index in [2.05, 4.69) is 27.1 Å². The van der Waals surface area contributed by atoms with Gasteiger partial charge >= 0.3 is 0 Å². The van der Waals surface area contributed by atoms with Crippen LogP contribution in [0.4, 0.5) is 5.82 Å². The van der Waals surface area contributed by atoms with Gasteiger partial charge in [0.05, 0.1) is 13.2 Å². The van der Waals surface area contributed by atoms with Crippen LogP contribution in [0.1, 0.15) is 5.56 Å². The predicted molar refractivity (Wildman–Crippen MR) is 87.6 cm³/mol. The SMILES string of the molecule is Nc1nc[n+](C[C@H](O)CO)c2nc(SCc3ccccc3)[nH]c12. The van der Waals surface area contributed by atoms with E-state index in [1.54, 1.807) is 16.3 Å². The van der Waals surface area contributed by atoms with Crippen LogP contribution in [0.15, 0.2) is 41.8 Å². The highest BCUT2D eigenvalue weighted by molar-refractivity contribution is 7.98. The van der Waals surface area contributed by atoms with Crippen molar-refractivity contribution in [1.82, 2.24) is 15.0 Å². The number of rotatable bonds is 6. The number of H-pyrrole nitrogens is 1. The molecule has 2 aromatic heterocycles. The Morgan fingerprint density at radius 1 is 1.30 bits per heavy atom. The largest absolute Gasteiger partial charge is 0.394 e. The fourth-order valence-corrected chi connectivity index (χ4v) is 3.01. The van der Waals surface area contributed by atoms with Crippen molar-refractivity contribution in [1.29, 1.82) is 0 Å². The van der Waals surface area contributed by atoms with E-state index in [-0.39, 0.29) is 13.2 Å². The molecule has 0 aliphatic rings. The summed E-state index contributed by atoms with van der Waals surface area (Å²) in [6.07, 6.45) is 0.647. The van der Waals surface area contributed by atoms with Gasteiger partial charge in [-0.15, -0.1) is 0 Å². The van der Waals surface area contributed by atoms with Crippen molar-refractivity contribution in [3.63, 3.8) is 0 Å². The number of benzene rings is 1. The van der Waals surface area contributed by atoms with E-state index in [0.717, 1.165) is 10.9 Å². The first-order valence-corrected chi connectivity index (χ1v) is 8.15. The Morgan fingerprint density at radius 3 is 2.83 bits per heavy atom. The summed E-state index contributed by atoms with van der Waals surface area (Å²) in [5.74, 6) is 1.14. The number of hydrogen-bond acceptors (Lipinski definition) is 6. The number of nitrogen functional groups attached to an aromatic ring is 1. The zero-order valence-corrected chi connectivity index (χ0v) is 13.2. The molecule has 0 amide bonds. The normalized spacial score (nSPS) is 12.6. The van der Waals surface area contributed by atoms with E-state index < -0.39 is 6.10 Å². The van der Waals surface area contributed by atoms with Gasteiger partial charge in [-0.1, -0.05) is 52.1 Å². The molecule has 0 unspecified atom stereocenters. The van der Waals surface area contributed by atoms with E-state index in [9.17, 15) is 5.11 Å². The molecule has 0 spiro atoms. The fraction of sp³-hybridized carbons (Fsp3) is 0.267. The zero-order chi connectivity index (χ0) is 16.2. The lowest BCUT2D eigenvalue weighted by atomic mass is 10.2. The van der Waals surface area contributed by atoms with E-state index >= 15 is 0 Å². The van der Waals surface area contributed by atoms with Crippen molar-refractivity contribution in [2.45, 2.75) is 23.6 Å². The van der Waals surface area contributed by atoms with Gasteiger partial charge in [0.1, 0.15) is 6.10 Å². The average molecular weight is 332 g/mol. The second-order valence-corrected chi connectivity index (χ2v) is 6.10. The minimum absolute atomic E-state index is 0.202. The van der Waals surface area contributed by atoms with Gasteiger partial charge in [0.25, 0.3) is 5.65 Å². The molecule has 0 aliphatic carbocycles. The van der Waals surface area contributed by atoms with E-state index in [1.165, 1.54) is 11.9 Å². The first kappa shape index (κ1) is 15.7. The summed E-state index contributed by atoms with van der Waals surface area (Å²) in [7, 11) is 0. The summed E-state index contributed by atoms with van der Waals surface area (Å²) in [4.78, 5) is 11.8. The number of aliphatic hydroxyl groups excluding tert-OH is 2. The molecule has 0 saturated carbocycles. The molecule has 3 rings (SSSR count). The van der Waals surface area contributed by atoms with Gasteiger partial charge in [0.15, 0.2) is 5.52 Å². The van der Waals surface area contributed by atoms with Crippen molar-refractivity contribution >= 4 is 28.7 Å². The molecule has 7 nitrogen and oxygen atoms in total. The highest BCUT2D eigenvalue weighted by atomic mass is 32.2. The predicted octanol–water partition coefficient (Wildman–Crippen LogP) is 0.473. The summed E-state index contributed by atoms with van der Waals surface area (Å²) < 4.78 is 1.68. The summed E-state index contributed by atoms with van der Waals surface area (Å²) in [5.41, 5.74) is 8.34. The maximum atomic E-state index is 9.63. The Bertz CT molecular complexity index is 793. The lowest BCUT2D eigenvalue weighted by Gasteiger charge is -2.05. The molecule has 5 N–H and O–H groups in total. The van der Waals surface area contributed by atoms with Gasteiger partial charge in [-0.3, -0.25) is 0 Å². The highest BCUT2D eigenvalue weighted by Gasteiger charge is 2.20. The van der Waals surface area contributed by atoms with Gasteiger partial charge in [-0.25, -0.2) is 4.57 Å².